The van der Waals surface area contributed by atoms with Crippen LogP contribution in [0, 0.1) is 11.3 Å². The van der Waals surface area contributed by atoms with Crippen LogP contribution in [-0.4, -0.2) is 32.0 Å². The largest absolute Gasteiger partial charge is 0.350 e. The molecule has 0 spiro atoms. The second-order valence-corrected chi connectivity index (χ2v) is 4.97. The number of nitrogens with zero attached hydrogens (tertiary/aromatic N) is 5. The number of rotatable bonds is 5. The average Bonchev–Trinajstić information content (AvgIpc) is 3.11. The summed E-state index contributed by atoms with van der Waals surface area (Å²) < 4.78 is 1.88. The Morgan fingerprint density at radius 2 is 2.00 bits per heavy atom. The predicted molar refractivity (Wildman–Crippen MR) is 86.7 cm³/mol. The van der Waals surface area contributed by atoms with Crippen LogP contribution in [0.1, 0.15) is 15.9 Å². The van der Waals surface area contributed by atoms with E-state index < -0.39 is 0 Å². The smallest absolute Gasteiger partial charge is 0.251 e. The molecule has 7 nitrogen and oxygen atoms in total. The van der Waals surface area contributed by atoms with Crippen molar-refractivity contribution in [3.8, 4) is 17.7 Å². The molecule has 1 N–H and O–H groups in total. The minimum Gasteiger partial charge on any atom is -0.350 e. The van der Waals surface area contributed by atoms with Gasteiger partial charge in [-0.2, -0.15) is 5.26 Å². The Kier molecular flexibility index (Phi) is 4.58. The van der Waals surface area contributed by atoms with Gasteiger partial charge in [-0.15, -0.1) is 0 Å². The fraction of sp³-hybridized carbons (Fsp3) is 0.118. The van der Waals surface area contributed by atoms with E-state index in [1.165, 1.54) is 0 Å². The van der Waals surface area contributed by atoms with Crippen LogP contribution in [0.2, 0.25) is 0 Å². The molecule has 0 aliphatic rings. The van der Waals surface area contributed by atoms with Crippen LogP contribution in [0.5, 0.6) is 0 Å². The maximum Gasteiger partial charge on any atom is 0.251 e. The Morgan fingerprint density at radius 1 is 1.17 bits per heavy atom. The number of hydrogen-bond acceptors (Lipinski definition) is 5. The summed E-state index contributed by atoms with van der Waals surface area (Å²) >= 11 is 0. The van der Waals surface area contributed by atoms with Crippen molar-refractivity contribution in [2.45, 2.75) is 6.54 Å². The molecule has 118 valence electrons. The van der Waals surface area contributed by atoms with Crippen LogP contribution >= 0.6 is 0 Å². The van der Waals surface area contributed by atoms with E-state index in [1.54, 1.807) is 48.9 Å². The summed E-state index contributed by atoms with van der Waals surface area (Å²) in [7, 11) is 0. The molecule has 0 unspecified atom stereocenters. The predicted octanol–water partition coefficient (Wildman–Crippen LogP) is 1.64. The monoisotopic (exact) mass is 318 g/mol. The lowest BCUT2D eigenvalue weighted by Gasteiger charge is -2.08. The summed E-state index contributed by atoms with van der Waals surface area (Å²) in [5, 5.41) is 11.7. The summed E-state index contributed by atoms with van der Waals surface area (Å²) in [5.41, 5.74) is 0.923. The van der Waals surface area contributed by atoms with E-state index in [9.17, 15) is 4.79 Å². The van der Waals surface area contributed by atoms with Crippen molar-refractivity contribution in [3.63, 3.8) is 0 Å². The second kappa shape index (κ2) is 7.15. The molecule has 3 aromatic rings. The van der Waals surface area contributed by atoms with E-state index in [0.717, 1.165) is 0 Å². The standard InChI is InChI=1S/C17H14N6O/c18-12-13-3-1-4-14(11-13)17(24)22-8-10-23-9-7-21-16(23)15-19-5-2-6-20-15/h1-7,9,11H,8,10H2,(H,22,24). The molecule has 0 fully saturated rings. The zero-order chi connectivity index (χ0) is 16.8. The molecule has 1 amide bonds. The van der Waals surface area contributed by atoms with Gasteiger partial charge in [-0.05, 0) is 24.3 Å². The number of nitriles is 1. The molecule has 0 saturated heterocycles. The average molecular weight is 318 g/mol. The Labute approximate surface area is 138 Å². The molecule has 0 aliphatic carbocycles. The van der Waals surface area contributed by atoms with E-state index in [2.05, 4.69) is 20.3 Å². The highest BCUT2D eigenvalue weighted by molar-refractivity contribution is 5.94. The molecule has 0 bridgehead atoms. The number of imidazole rings is 1. The molecule has 1 aromatic carbocycles. The summed E-state index contributed by atoms with van der Waals surface area (Å²) in [5.74, 6) is 0.969. The van der Waals surface area contributed by atoms with Gasteiger partial charge in [0.1, 0.15) is 0 Å². The lowest BCUT2D eigenvalue weighted by atomic mass is 10.1. The maximum atomic E-state index is 12.1. The third kappa shape index (κ3) is 3.44. The van der Waals surface area contributed by atoms with Gasteiger partial charge < -0.3 is 9.88 Å². The number of aromatic nitrogens is 4. The topological polar surface area (TPSA) is 96.5 Å². The summed E-state index contributed by atoms with van der Waals surface area (Å²) in [4.78, 5) is 24.7. The maximum absolute atomic E-state index is 12.1. The summed E-state index contributed by atoms with van der Waals surface area (Å²) in [6.45, 7) is 0.961. The molecule has 2 heterocycles. The fourth-order valence-corrected chi connectivity index (χ4v) is 2.23. The molecule has 0 aliphatic heterocycles. The van der Waals surface area contributed by atoms with Crippen LogP contribution in [0.3, 0.4) is 0 Å². The van der Waals surface area contributed by atoms with Crippen LogP contribution in [-0.2, 0) is 6.54 Å². The van der Waals surface area contributed by atoms with E-state index in [0.29, 0.717) is 35.9 Å². The van der Waals surface area contributed by atoms with Gasteiger partial charge in [0.2, 0.25) is 0 Å². The second-order valence-electron chi connectivity index (χ2n) is 4.97. The van der Waals surface area contributed by atoms with Gasteiger partial charge in [-0.1, -0.05) is 6.07 Å². The number of carbonyl (C=O) groups excluding carboxylic acids is 1. The van der Waals surface area contributed by atoms with Gasteiger partial charge in [0, 0.05) is 43.4 Å². The highest BCUT2D eigenvalue weighted by atomic mass is 16.1. The Hall–Kier alpha value is -3.53. The molecule has 7 heteroatoms. The van der Waals surface area contributed by atoms with Crippen LogP contribution in [0.15, 0.2) is 55.1 Å². The highest BCUT2D eigenvalue weighted by Gasteiger charge is 2.09. The summed E-state index contributed by atoms with van der Waals surface area (Å²) in [6, 6.07) is 10.4. The van der Waals surface area contributed by atoms with Crippen molar-refractivity contribution < 1.29 is 4.79 Å². The third-order valence-electron chi connectivity index (χ3n) is 3.37. The van der Waals surface area contributed by atoms with Crippen LogP contribution in [0.25, 0.3) is 11.6 Å². The molecule has 3 rings (SSSR count). The van der Waals surface area contributed by atoms with Gasteiger partial charge in [-0.25, -0.2) is 15.0 Å². The van der Waals surface area contributed by atoms with Crippen molar-refractivity contribution in [2.24, 2.45) is 0 Å². The molecular weight excluding hydrogens is 304 g/mol. The number of nitrogens with one attached hydrogen (secondary N) is 1. The molecule has 24 heavy (non-hydrogen) atoms. The van der Waals surface area contributed by atoms with Crippen molar-refractivity contribution >= 4 is 5.91 Å². The molecule has 2 aromatic heterocycles. The van der Waals surface area contributed by atoms with Gasteiger partial charge in [0.25, 0.3) is 5.91 Å². The number of hydrogen-bond donors (Lipinski definition) is 1. The van der Waals surface area contributed by atoms with Crippen molar-refractivity contribution in [2.75, 3.05) is 6.54 Å². The minimum absolute atomic E-state index is 0.218. The molecule has 0 radical (unpaired) electrons. The van der Waals surface area contributed by atoms with Crippen molar-refractivity contribution in [3.05, 3.63) is 66.2 Å². The molecular formula is C17H14N6O. The summed E-state index contributed by atoms with van der Waals surface area (Å²) in [6.07, 6.45) is 6.80. The minimum atomic E-state index is -0.218. The first kappa shape index (κ1) is 15.4. The van der Waals surface area contributed by atoms with E-state index >= 15 is 0 Å². The van der Waals surface area contributed by atoms with Gasteiger partial charge in [0.15, 0.2) is 11.6 Å². The van der Waals surface area contributed by atoms with Crippen molar-refractivity contribution in [1.82, 2.24) is 24.8 Å². The fourth-order valence-electron chi connectivity index (χ4n) is 2.23. The number of carbonyl (C=O) groups is 1. The first-order valence-electron chi connectivity index (χ1n) is 7.35. The zero-order valence-corrected chi connectivity index (χ0v) is 12.8. The zero-order valence-electron chi connectivity index (χ0n) is 12.8. The van der Waals surface area contributed by atoms with E-state index in [-0.39, 0.29) is 5.91 Å². The highest BCUT2D eigenvalue weighted by Crippen LogP contribution is 2.10. The Balaban J connectivity index is 1.62. The van der Waals surface area contributed by atoms with Crippen LogP contribution < -0.4 is 5.32 Å². The molecule has 0 atom stereocenters. The molecule has 0 saturated carbocycles. The van der Waals surface area contributed by atoms with Gasteiger partial charge >= 0.3 is 0 Å². The van der Waals surface area contributed by atoms with Crippen molar-refractivity contribution in [1.29, 1.82) is 5.26 Å². The Bertz CT molecular complexity index is 881. The first-order valence-corrected chi connectivity index (χ1v) is 7.35. The SMILES string of the molecule is N#Cc1cccc(C(=O)NCCn2ccnc2-c2ncccn2)c1. The number of amides is 1. The van der Waals surface area contributed by atoms with E-state index in [4.69, 9.17) is 5.26 Å². The van der Waals surface area contributed by atoms with Gasteiger partial charge in [0.05, 0.1) is 11.6 Å². The lowest BCUT2D eigenvalue weighted by Crippen LogP contribution is -2.27. The number of benzene rings is 1. The Morgan fingerprint density at radius 3 is 2.79 bits per heavy atom. The van der Waals surface area contributed by atoms with Crippen LogP contribution in [0.4, 0.5) is 0 Å². The third-order valence-corrected chi connectivity index (χ3v) is 3.37. The quantitative estimate of drug-likeness (QED) is 0.771. The normalized spacial score (nSPS) is 10.1. The van der Waals surface area contributed by atoms with E-state index in [1.807, 2.05) is 16.8 Å². The van der Waals surface area contributed by atoms with Gasteiger partial charge in [-0.3, -0.25) is 4.79 Å². The first-order chi connectivity index (χ1) is 11.8. The lowest BCUT2D eigenvalue weighted by molar-refractivity contribution is 0.0952.